The Kier molecular flexibility index (Phi) is 4.25. The lowest BCUT2D eigenvalue weighted by Gasteiger charge is -2.36. The number of Topliss-reactive ketones (excluding diaryl/α,β-unsaturated/α-hetero) is 1. The molecule has 18 heavy (non-hydrogen) atoms. The second kappa shape index (κ2) is 5.72. The topological polar surface area (TPSA) is 23.6 Å². The van der Waals surface area contributed by atoms with E-state index in [4.69, 9.17) is 11.6 Å². The molecule has 0 saturated carbocycles. The molecule has 2 rings (SSSR count). The third-order valence-corrected chi connectivity index (χ3v) is 3.82. The molecule has 0 spiro atoms. The minimum absolute atomic E-state index is 0.0549. The standard InChI is InChI=1S/C14H19ClN2O/c1-3-16-6-8-17(9-7-16)14-5-4-12(11(2)18)10-13(14)15/h4-5,10H,3,6-9H2,1-2H3. The average molecular weight is 267 g/mol. The lowest BCUT2D eigenvalue weighted by atomic mass is 10.1. The normalized spacial score (nSPS) is 16.9. The van der Waals surface area contributed by atoms with Crippen molar-refractivity contribution in [2.45, 2.75) is 13.8 Å². The van der Waals surface area contributed by atoms with Gasteiger partial charge in [-0.1, -0.05) is 18.5 Å². The highest BCUT2D eigenvalue weighted by molar-refractivity contribution is 6.33. The van der Waals surface area contributed by atoms with E-state index in [1.54, 1.807) is 13.0 Å². The van der Waals surface area contributed by atoms with Gasteiger partial charge in [-0.05, 0) is 31.7 Å². The van der Waals surface area contributed by atoms with Crippen molar-refractivity contribution >= 4 is 23.1 Å². The molecule has 0 radical (unpaired) electrons. The van der Waals surface area contributed by atoms with E-state index in [1.165, 1.54) is 0 Å². The summed E-state index contributed by atoms with van der Waals surface area (Å²) >= 11 is 6.27. The van der Waals surface area contributed by atoms with Crippen LogP contribution in [0.1, 0.15) is 24.2 Å². The maximum absolute atomic E-state index is 11.3. The predicted molar refractivity (Wildman–Crippen MR) is 75.8 cm³/mol. The van der Waals surface area contributed by atoms with Gasteiger partial charge in [0.1, 0.15) is 0 Å². The molecule has 0 unspecified atom stereocenters. The number of piperazine rings is 1. The molecule has 1 aromatic carbocycles. The molecule has 3 nitrogen and oxygen atoms in total. The highest BCUT2D eigenvalue weighted by atomic mass is 35.5. The van der Waals surface area contributed by atoms with E-state index in [1.807, 2.05) is 12.1 Å². The van der Waals surface area contributed by atoms with E-state index >= 15 is 0 Å². The van der Waals surface area contributed by atoms with E-state index in [0.29, 0.717) is 10.6 Å². The summed E-state index contributed by atoms with van der Waals surface area (Å²) in [5, 5.41) is 0.674. The van der Waals surface area contributed by atoms with E-state index < -0.39 is 0 Å². The van der Waals surface area contributed by atoms with Crippen LogP contribution in [0.25, 0.3) is 0 Å². The quantitative estimate of drug-likeness (QED) is 0.786. The molecule has 1 aliphatic heterocycles. The van der Waals surface area contributed by atoms with Crippen molar-refractivity contribution in [3.8, 4) is 0 Å². The van der Waals surface area contributed by atoms with Crippen LogP contribution in [0.4, 0.5) is 5.69 Å². The number of nitrogens with zero attached hydrogens (tertiary/aromatic N) is 2. The fourth-order valence-corrected chi connectivity index (χ4v) is 2.59. The molecule has 1 saturated heterocycles. The summed E-state index contributed by atoms with van der Waals surface area (Å²) in [4.78, 5) is 16.0. The first kappa shape index (κ1) is 13.4. The number of hydrogen-bond acceptors (Lipinski definition) is 3. The van der Waals surface area contributed by atoms with Crippen molar-refractivity contribution in [3.05, 3.63) is 28.8 Å². The fraction of sp³-hybridized carbons (Fsp3) is 0.500. The second-order valence-corrected chi connectivity index (χ2v) is 5.05. The first-order valence-corrected chi connectivity index (χ1v) is 6.77. The Bertz CT molecular complexity index is 439. The van der Waals surface area contributed by atoms with Gasteiger partial charge in [0.15, 0.2) is 5.78 Å². The number of carbonyl (C=O) groups excluding carboxylic acids is 1. The summed E-state index contributed by atoms with van der Waals surface area (Å²) < 4.78 is 0. The highest BCUT2D eigenvalue weighted by Gasteiger charge is 2.18. The van der Waals surface area contributed by atoms with Gasteiger partial charge in [-0.3, -0.25) is 4.79 Å². The number of halogens is 1. The zero-order valence-electron chi connectivity index (χ0n) is 10.9. The largest absolute Gasteiger partial charge is 0.368 e. The van der Waals surface area contributed by atoms with Crippen LogP contribution in [0.15, 0.2) is 18.2 Å². The van der Waals surface area contributed by atoms with Crippen LogP contribution in [-0.4, -0.2) is 43.4 Å². The van der Waals surface area contributed by atoms with Crippen LogP contribution in [-0.2, 0) is 0 Å². The number of hydrogen-bond donors (Lipinski definition) is 0. The number of anilines is 1. The van der Waals surface area contributed by atoms with Crippen molar-refractivity contribution in [1.29, 1.82) is 0 Å². The molecule has 0 aromatic heterocycles. The average Bonchev–Trinajstić information content (AvgIpc) is 2.38. The van der Waals surface area contributed by atoms with Crippen molar-refractivity contribution in [2.24, 2.45) is 0 Å². The molecule has 0 amide bonds. The number of ketones is 1. The van der Waals surface area contributed by atoms with E-state index in [2.05, 4.69) is 16.7 Å². The Morgan fingerprint density at radius 3 is 2.44 bits per heavy atom. The zero-order valence-corrected chi connectivity index (χ0v) is 11.7. The van der Waals surface area contributed by atoms with Crippen LogP contribution < -0.4 is 4.90 Å². The minimum atomic E-state index is 0.0549. The van der Waals surface area contributed by atoms with Crippen LogP contribution in [0, 0.1) is 0 Å². The third-order valence-electron chi connectivity index (χ3n) is 3.51. The molecular weight excluding hydrogens is 248 g/mol. The zero-order chi connectivity index (χ0) is 13.1. The second-order valence-electron chi connectivity index (χ2n) is 4.64. The number of carbonyl (C=O) groups is 1. The van der Waals surface area contributed by atoms with Gasteiger partial charge in [-0.25, -0.2) is 0 Å². The summed E-state index contributed by atoms with van der Waals surface area (Å²) in [6, 6.07) is 5.59. The van der Waals surface area contributed by atoms with Crippen LogP contribution in [0.2, 0.25) is 5.02 Å². The Balaban J connectivity index is 2.12. The number of likely N-dealkylation sites (N-methyl/N-ethyl adjacent to an activating group) is 1. The van der Waals surface area contributed by atoms with Gasteiger partial charge >= 0.3 is 0 Å². The lowest BCUT2D eigenvalue weighted by molar-refractivity contribution is 0.101. The smallest absolute Gasteiger partial charge is 0.159 e. The van der Waals surface area contributed by atoms with E-state index in [-0.39, 0.29) is 5.78 Å². The van der Waals surface area contributed by atoms with Gasteiger partial charge in [0.05, 0.1) is 10.7 Å². The van der Waals surface area contributed by atoms with Crippen LogP contribution >= 0.6 is 11.6 Å². The summed E-state index contributed by atoms with van der Waals surface area (Å²) in [5.41, 5.74) is 1.72. The predicted octanol–water partition coefficient (Wildman–Crippen LogP) is 2.68. The summed E-state index contributed by atoms with van der Waals surface area (Å²) in [5.74, 6) is 0.0549. The first-order chi connectivity index (χ1) is 8.61. The summed E-state index contributed by atoms with van der Waals surface area (Å²) in [6.45, 7) is 8.98. The van der Waals surface area contributed by atoms with Crippen molar-refractivity contribution < 1.29 is 4.79 Å². The number of benzene rings is 1. The van der Waals surface area contributed by atoms with Gasteiger partial charge in [0.2, 0.25) is 0 Å². The van der Waals surface area contributed by atoms with E-state index in [9.17, 15) is 4.79 Å². The third kappa shape index (κ3) is 2.85. The summed E-state index contributed by atoms with van der Waals surface area (Å²) in [7, 11) is 0. The van der Waals surface area contributed by atoms with Crippen LogP contribution in [0.3, 0.4) is 0 Å². The molecule has 98 valence electrons. The molecular formula is C14H19ClN2O. The molecule has 1 aliphatic rings. The molecule has 1 aromatic rings. The van der Waals surface area contributed by atoms with Crippen molar-refractivity contribution in [3.63, 3.8) is 0 Å². The van der Waals surface area contributed by atoms with Gasteiger partial charge in [-0.2, -0.15) is 0 Å². The van der Waals surface area contributed by atoms with Gasteiger partial charge in [-0.15, -0.1) is 0 Å². The molecule has 1 fully saturated rings. The maximum atomic E-state index is 11.3. The lowest BCUT2D eigenvalue weighted by Crippen LogP contribution is -2.46. The van der Waals surface area contributed by atoms with E-state index in [0.717, 1.165) is 38.4 Å². The highest BCUT2D eigenvalue weighted by Crippen LogP contribution is 2.27. The SMILES string of the molecule is CCN1CCN(c2ccc(C(C)=O)cc2Cl)CC1. The van der Waals surface area contributed by atoms with Gasteiger partial charge < -0.3 is 9.80 Å². The van der Waals surface area contributed by atoms with Crippen LogP contribution in [0.5, 0.6) is 0 Å². The Morgan fingerprint density at radius 2 is 1.94 bits per heavy atom. The molecule has 1 heterocycles. The molecule has 4 heteroatoms. The maximum Gasteiger partial charge on any atom is 0.159 e. The van der Waals surface area contributed by atoms with Crippen molar-refractivity contribution in [1.82, 2.24) is 4.90 Å². The van der Waals surface area contributed by atoms with Gasteiger partial charge in [0, 0.05) is 31.7 Å². The molecule has 0 aliphatic carbocycles. The Hall–Kier alpha value is -1.06. The number of rotatable bonds is 3. The Labute approximate surface area is 113 Å². The monoisotopic (exact) mass is 266 g/mol. The summed E-state index contributed by atoms with van der Waals surface area (Å²) in [6.07, 6.45) is 0. The first-order valence-electron chi connectivity index (χ1n) is 6.39. The van der Waals surface area contributed by atoms with Gasteiger partial charge in [0.25, 0.3) is 0 Å². The van der Waals surface area contributed by atoms with Crippen molar-refractivity contribution in [2.75, 3.05) is 37.6 Å². The Morgan fingerprint density at radius 1 is 1.28 bits per heavy atom. The fourth-order valence-electron chi connectivity index (χ4n) is 2.29. The molecule has 0 bridgehead atoms. The minimum Gasteiger partial charge on any atom is -0.368 e. The molecule has 0 atom stereocenters. The molecule has 0 N–H and O–H groups in total.